The number of esters is 2. The second-order valence-corrected chi connectivity index (χ2v) is 15.2. The maximum Gasteiger partial charge on any atom is 1.00 e. The van der Waals surface area contributed by atoms with Gasteiger partial charge in [0.1, 0.15) is 6.61 Å². The molecule has 9 nitrogen and oxygen atoms in total. The average molecular weight is 768 g/mol. The fourth-order valence-corrected chi connectivity index (χ4v) is 6.41. The number of ether oxygens (including phenoxy) is 2. The van der Waals surface area contributed by atoms with Crippen molar-refractivity contribution in [3.63, 3.8) is 0 Å². The number of phosphoric ester groups is 1. The zero-order valence-electron chi connectivity index (χ0n) is 33.7. The number of phosphoric acid groups is 1. The number of rotatable bonds is 39. The van der Waals surface area contributed by atoms with Crippen LogP contribution < -0.4 is 29.6 Å². The normalized spacial score (nSPS) is 13.3. The van der Waals surface area contributed by atoms with Crippen LogP contribution in [0.15, 0.2) is 24.3 Å². The van der Waals surface area contributed by atoms with E-state index in [0.29, 0.717) is 12.8 Å². The fourth-order valence-electron chi connectivity index (χ4n) is 5.67. The van der Waals surface area contributed by atoms with Crippen LogP contribution in [0.3, 0.4) is 0 Å². The van der Waals surface area contributed by atoms with E-state index in [2.05, 4.69) is 42.7 Å². The Bertz CT molecular complexity index is 899. The molecular formula is C41H77NaO9P+. The molecule has 0 aliphatic rings. The molecule has 300 valence electrons. The van der Waals surface area contributed by atoms with Gasteiger partial charge in [0.05, 0.1) is 19.8 Å². The third-order valence-corrected chi connectivity index (χ3v) is 9.77. The summed E-state index contributed by atoms with van der Waals surface area (Å²) in [6, 6.07) is 0. The molecule has 11 heteroatoms. The molecule has 0 aromatic heterocycles. The molecule has 0 saturated heterocycles. The minimum Gasteiger partial charge on any atom is -0.462 e. The quantitative estimate of drug-likeness (QED) is 0.0208. The van der Waals surface area contributed by atoms with E-state index in [1.54, 1.807) is 0 Å². The second-order valence-electron chi connectivity index (χ2n) is 13.8. The largest absolute Gasteiger partial charge is 1.00 e. The van der Waals surface area contributed by atoms with E-state index in [4.69, 9.17) is 19.1 Å². The van der Waals surface area contributed by atoms with Gasteiger partial charge in [-0.05, 0) is 64.2 Å². The van der Waals surface area contributed by atoms with Crippen LogP contribution in [0.4, 0.5) is 0 Å². The molecule has 0 radical (unpaired) electrons. The van der Waals surface area contributed by atoms with Crippen LogP contribution in [0.5, 0.6) is 0 Å². The van der Waals surface area contributed by atoms with Crippen LogP contribution in [0.2, 0.25) is 0 Å². The zero-order chi connectivity index (χ0) is 37.5. The summed E-state index contributed by atoms with van der Waals surface area (Å²) in [6.07, 6.45) is 38.9. The smallest absolute Gasteiger partial charge is 0.462 e. The van der Waals surface area contributed by atoms with Crippen LogP contribution in [0.1, 0.15) is 194 Å². The van der Waals surface area contributed by atoms with Crippen LogP contribution in [0.25, 0.3) is 0 Å². The van der Waals surface area contributed by atoms with Gasteiger partial charge in [0.15, 0.2) is 6.10 Å². The Morgan fingerprint density at radius 1 is 0.558 bits per heavy atom. The van der Waals surface area contributed by atoms with Crippen molar-refractivity contribution >= 4 is 19.8 Å². The number of allylic oxidation sites excluding steroid dienone is 4. The second kappa shape index (κ2) is 41.6. The van der Waals surface area contributed by atoms with Gasteiger partial charge in [0.25, 0.3) is 0 Å². The summed E-state index contributed by atoms with van der Waals surface area (Å²) in [4.78, 5) is 34.7. The molecule has 0 heterocycles. The molecule has 0 aromatic carbocycles. The van der Waals surface area contributed by atoms with Crippen molar-refractivity contribution in [1.29, 1.82) is 0 Å². The summed E-state index contributed by atoms with van der Waals surface area (Å²) in [6.45, 7) is 2.91. The Morgan fingerprint density at radius 2 is 0.942 bits per heavy atom. The summed E-state index contributed by atoms with van der Waals surface area (Å²) < 4.78 is 32.4. The summed E-state index contributed by atoms with van der Waals surface area (Å²) >= 11 is 0. The number of hydrogen-bond donors (Lipinski definition) is 2. The molecule has 0 spiro atoms. The molecule has 0 bridgehead atoms. The number of unbranched alkanes of at least 4 members (excludes halogenated alkanes) is 22. The molecule has 2 N–H and O–H groups in total. The van der Waals surface area contributed by atoms with Gasteiger partial charge in [0, 0.05) is 12.8 Å². The molecule has 2 atom stereocenters. The van der Waals surface area contributed by atoms with Crippen LogP contribution in [-0.2, 0) is 32.7 Å². The molecule has 0 aliphatic carbocycles. The van der Waals surface area contributed by atoms with Crippen molar-refractivity contribution in [2.75, 3.05) is 26.4 Å². The van der Waals surface area contributed by atoms with Gasteiger partial charge in [-0.25, -0.2) is 4.57 Å². The maximum absolute atomic E-state index is 12.5. The first-order valence-electron chi connectivity index (χ1n) is 20.7. The Labute approximate surface area is 340 Å². The van der Waals surface area contributed by atoms with E-state index in [1.807, 2.05) is 0 Å². The molecule has 0 aliphatic heterocycles. The third-order valence-electron chi connectivity index (χ3n) is 8.78. The Morgan fingerprint density at radius 3 is 1.37 bits per heavy atom. The van der Waals surface area contributed by atoms with Crippen molar-refractivity contribution in [3.8, 4) is 0 Å². The van der Waals surface area contributed by atoms with Crippen molar-refractivity contribution in [2.24, 2.45) is 0 Å². The Balaban J connectivity index is 0. The van der Waals surface area contributed by atoms with Gasteiger partial charge in [-0.15, -0.1) is 0 Å². The molecular weight excluding hydrogens is 690 g/mol. The molecule has 0 aromatic rings. The first-order chi connectivity index (χ1) is 24.8. The van der Waals surface area contributed by atoms with Gasteiger partial charge in [-0.2, -0.15) is 0 Å². The minimum absolute atomic E-state index is 0. The molecule has 0 rings (SSSR count). The maximum atomic E-state index is 12.5. The Kier molecular flexibility index (Phi) is 42.9. The molecule has 52 heavy (non-hydrogen) atoms. The van der Waals surface area contributed by atoms with E-state index < -0.39 is 39.1 Å². The van der Waals surface area contributed by atoms with Crippen molar-refractivity contribution in [1.82, 2.24) is 0 Å². The summed E-state index contributed by atoms with van der Waals surface area (Å²) in [7, 11) is -4.45. The van der Waals surface area contributed by atoms with Gasteiger partial charge in [-0.1, -0.05) is 141 Å². The van der Waals surface area contributed by atoms with E-state index in [1.165, 1.54) is 89.9 Å². The predicted molar refractivity (Wildman–Crippen MR) is 209 cm³/mol. The van der Waals surface area contributed by atoms with Crippen molar-refractivity contribution in [3.05, 3.63) is 24.3 Å². The average Bonchev–Trinajstić information content (AvgIpc) is 3.11. The number of hydrogen-bond acceptors (Lipinski definition) is 8. The first kappa shape index (κ1) is 53.6. The zero-order valence-corrected chi connectivity index (χ0v) is 36.6. The third kappa shape index (κ3) is 40.7. The fraction of sp³-hybridized carbons (Fsp3) is 0.854. The van der Waals surface area contributed by atoms with E-state index in [9.17, 15) is 19.0 Å². The Hall–Kier alpha value is -0.510. The van der Waals surface area contributed by atoms with E-state index in [0.717, 1.165) is 64.2 Å². The molecule has 0 saturated carbocycles. The van der Waals surface area contributed by atoms with Gasteiger partial charge in [-0.3, -0.25) is 18.6 Å². The van der Waals surface area contributed by atoms with Gasteiger partial charge < -0.3 is 19.5 Å². The monoisotopic (exact) mass is 768 g/mol. The van der Waals surface area contributed by atoms with E-state index in [-0.39, 0.29) is 55.6 Å². The van der Waals surface area contributed by atoms with Crippen LogP contribution in [0, 0.1) is 0 Å². The summed E-state index contributed by atoms with van der Waals surface area (Å²) in [5, 5.41) is 8.86. The number of carbonyl (C=O) groups excluding carboxylic acids is 2. The van der Waals surface area contributed by atoms with Crippen LogP contribution >= 0.6 is 7.82 Å². The SMILES string of the molecule is CCCCCCCC/C=C\CCCCCCCC(=O)OC[C@H](COP(=O)(O)OCCO)OC(=O)CCCCCCC/C=C\CCCCCCCC.[Na+]. The predicted octanol–water partition coefficient (Wildman–Crippen LogP) is 8.65. The van der Waals surface area contributed by atoms with Gasteiger partial charge >= 0.3 is 49.3 Å². The molecule has 1 unspecified atom stereocenters. The topological polar surface area (TPSA) is 129 Å². The van der Waals surface area contributed by atoms with Crippen molar-refractivity contribution < 1.29 is 72.2 Å². The minimum atomic E-state index is -4.45. The summed E-state index contributed by atoms with van der Waals surface area (Å²) in [5.41, 5.74) is 0. The van der Waals surface area contributed by atoms with E-state index >= 15 is 0 Å². The molecule has 0 fully saturated rings. The number of aliphatic hydroxyl groups excluding tert-OH is 1. The first-order valence-corrected chi connectivity index (χ1v) is 22.2. The van der Waals surface area contributed by atoms with Gasteiger partial charge in [0.2, 0.25) is 0 Å². The summed E-state index contributed by atoms with van der Waals surface area (Å²) in [5.74, 6) is -0.881. The standard InChI is InChI=1S/C41H77O9P.Na/c1-3-5-7-9-11-13-15-17-19-21-23-25-27-29-31-33-40(43)47-37-39(38-49-51(45,46)48-36-35-42)50-41(44)34-32-30-28-26-24-22-20-18-16-14-12-10-8-6-4-2;/h17-20,39,42H,3-16,21-38H2,1-2H3,(H,45,46);/q;+1/b19-17-,20-18-;/t39-;/m1./s1. The van der Waals surface area contributed by atoms with Crippen LogP contribution in [-0.4, -0.2) is 54.5 Å². The number of carbonyl (C=O) groups is 2. The number of aliphatic hydroxyl groups is 1. The van der Waals surface area contributed by atoms with Crippen molar-refractivity contribution in [2.45, 2.75) is 200 Å². The molecule has 0 amide bonds.